The van der Waals surface area contributed by atoms with Crippen LogP contribution < -0.4 is 5.32 Å². The van der Waals surface area contributed by atoms with Crippen molar-refractivity contribution in [2.24, 2.45) is 0 Å². The molecule has 1 heterocycles. The molecule has 0 saturated carbocycles. The Balaban J connectivity index is 1.78. The topological polar surface area (TPSA) is 72.7 Å². The van der Waals surface area contributed by atoms with E-state index in [1.54, 1.807) is 4.68 Å². The molecule has 7 heteroatoms. The predicted octanol–water partition coefficient (Wildman–Crippen LogP) is 4.02. The summed E-state index contributed by atoms with van der Waals surface area (Å²) >= 11 is 1.34. The number of carbonyl (C=O) groups is 1. The second-order valence-corrected chi connectivity index (χ2v) is 7.97. The van der Waals surface area contributed by atoms with E-state index in [-0.39, 0.29) is 11.2 Å². The third-order valence-electron chi connectivity index (χ3n) is 4.55. The van der Waals surface area contributed by atoms with Crippen LogP contribution in [0, 0.1) is 27.7 Å². The molecule has 1 amide bonds. The minimum absolute atomic E-state index is 0.0794. The van der Waals surface area contributed by atoms with Crippen molar-refractivity contribution in [2.45, 2.75) is 45.0 Å². The summed E-state index contributed by atoms with van der Waals surface area (Å²) in [6.45, 7) is 9.93. The monoisotopic (exact) mass is 381 g/mol. The Hall–Kier alpha value is -2.67. The zero-order valence-corrected chi connectivity index (χ0v) is 17.0. The molecule has 27 heavy (non-hydrogen) atoms. The van der Waals surface area contributed by atoms with Crippen molar-refractivity contribution < 1.29 is 4.79 Å². The molecule has 0 radical (unpaired) electrons. The van der Waals surface area contributed by atoms with Gasteiger partial charge < -0.3 is 5.32 Å². The number of benzene rings is 2. The van der Waals surface area contributed by atoms with Crippen molar-refractivity contribution in [3.05, 3.63) is 58.7 Å². The van der Waals surface area contributed by atoms with E-state index in [1.165, 1.54) is 17.3 Å². The molecule has 1 unspecified atom stereocenters. The van der Waals surface area contributed by atoms with Crippen molar-refractivity contribution in [2.75, 3.05) is 5.32 Å². The van der Waals surface area contributed by atoms with Gasteiger partial charge in [0, 0.05) is 5.69 Å². The normalized spacial score (nSPS) is 12.0. The highest BCUT2D eigenvalue weighted by molar-refractivity contribution is 8.00. The van der Waals surface area contributed by atoms with E-state index in [2.05, 4.69) is 33.8 Å². The standard InChI is InChI=1S/C20H23N5OS/c1-12-9-10-14(3)17(11-12)21-19(26)16(5)27-20-22-23-24-25(20)18-8-6-7-13(2)15(18)4/h6-11,16H,1-5H3,(H,21,26). The number of hydrogen-bond donors (Lipinski definition) is 1. The maximum absolute atomic E-state index is 12.7. The zero-order valence-electron chi connectivity index (χ0n) is 16.1. The smallest absolute Gasteiger partial charge is 0.237 e. The van der Waals surface area contributed by atoms with Crippen LogP contribution in [0.25, 0.3) is 5.69 Å². The Morgan fingerprint density at radius 1 is 1.11 bits per heavy atom. The third-order valence-corrected chi connectivity index (χ3v) is 5.58. The van der Waals surface area contributed by atoms with E-state index >= 15 is 0 Å². The van der Waals surface area contributed by atoms with Crippen LogP contribution in [-0.2, 0) is 4.79 Å². The largest absolute Gasteiger partial charge is 0.325 e. The first kappa shape index (κ1) is 19.1. The molecular weight excluding hydrogens is 358 g/mol. The fraction of sp³-hybridized carbons (Fsp3) is 0.300. The summed E-state index contributed by atoms with van der Waals surface area (Å²) in [7, 11) is 0. The van der Waals surface area contributed by atoms with Gasteiger partial charge in [-0.25, -0.2) is 0 Å². The van der Waals surface area contributed by atoms with Crippen molar-refractivity contribution >= 4 is 23.4 Å². The summed E-state index contributed by atoms with van der Waals surface area (Å²) in [6.07, 6.45) is 0. The Labute approximate surface area is 163 Å². The number of nitrogens with one attached hydrogen (secondary N) is 1. The number of aryl methyl sites for hydroxylation is 3. The number of aromatic nitrogens is 4. The number of carbonyl (C=O) groups excluding carboxylic acids is 1. The summed E-state index contributed by atoms with van der Waals surface area (Å²) in [5.41, 5.74) is 6.17. The van der Waals surface area contributed by atoms with Crippen molar-refractivity contribution in [3.8, 4) is 5.69 Å². The lowest BCUT2D eigenvalue weighted by Gasteiger charge is -2.14. The molecule has 0 saturated heterocycles. The second kappa shape index (κ2) is 7.92. The van der Waals surface area contributed by atoms with E-state index in [4.69, 9.17) is 0 Å². The predicted molar refractivity (Wildman–Crippen MR) is 108 cm³/mol. The van der Waals surface area contributed by atoms with Crippen LogP contribution >= 0.6 is 11.8 Å². The fourth-order valence-corrected chi connectivity index (χ4v) is 3.49. The first-order valence-corrected chi connectivity index (χ1v) is 9.64. The lowest BCUT2D eigenvalue weighted by atomic mass is 10.1. The molecule has 3 aromatic rings. The molecule has 3 rings (SSSR count). The molecule has 0 spiro atoms. The van der Waals surface area contributed by atoms with Gasteiger partial charge in [0.05, 0.1) is 10.9 Å². The number of tetrazole rings is 1. The average molecular weight is 382 g/mol. The highest BCUT2D eigenvalue weighted by Gasteiger charge is 2.20. The van der Waals surface area contributed by atoms with Gasteiger partial charge in [-0.1, -0.05) is 36.0 Å². The van der Waals surface area contributed by atoms with Crippen LogP contribution in [0.1, 0.15) is 29.2 Å². The van der Waals surface area contributed by atoms with Crippen LogP contribution in [0.2, 0.25) is 0 Å². The molecule has 140 valence electrons. The number of thioether (sulfide) groups is 1. The highest BCUT2D eigenvalue weighted by Crippen LogP contribution is 2.26. The SMILES string of the molecule is Cc1ccc(C)c(NC(=O)C(C)Sc2nnnn2-c2cccc(C)c2C)c1. The van der Waals surface area contributed by atoms with Gasteiger partial charge in [0.2, 0.25) is 11.1 Å². The Morgan fingerprint density at radius 2 is 1.89 bits per heavy atom. The summed E-state index contributed by atoms with van der Waals surface area (Å²) in [6, 6.07) is 12.0. The zero-order chi connectivity index (χ0) is 19.6. The van der Waals surface area contributed by atoms with Crippen molar-refractivity contribution in [1.29, 1.82) is 0 Å². The van der Waals surface area contributed by atoms with E-state index in [9.17, 15) is 4.79 Å². The minimum Gasteiger partial charge on any atom is -0.325 e. The van der Waals surface area contributed by atoms with Crippen LogP contribution in [0.3, 0.4) is 0 Å². The molecular formula is C20H23N5OS. The van der Waals surface area contributed by atoms with Gasteiger partial charge in [-0.2, -0.15) is 4.68 Å². The number of amides is 1. The first-order chi connectivity index (χ1) is 12.9. The maximum atomic E-state index is 12.7. The summed E-state index contributed by atoms with van der Waals surface area (Å²) < 4.78 is 1.69. The van der Waals surface area contributed by atoms with Gasteiger partial charge in [0.25, 0.3) is 0 Å². The first-order valence-electron chi connectivity index (χ1n) is 8.76. The van der Waals surface area contributed by atoms with Gasteiger partial charge in [-0.3, -0.25) is 4.79 Å². The molecule has 0 bridgehead atoms. The summed E-state index contributed by atoms with van der Waals surface area (Å²) in [4.78, 5) is 12.7. The van der Waals surface area contributed by atoms with Gasteiger partial charge in [0.15, 0.2) is 0 Å². The number of anilines is 1. The molecule has 1 aromatic heterocycles. The number of hydrogen-bond acceptors (Lipinski definition) is 5. The van der Waals surface area contributed by atoms with Crippen LogP contribution in [0.4, 0.5) is 5.69 Å². The molecule has 2 aromatic carbocycles. The molecule has 0 aliphatic carbocycles. The van der Waals surface area contributed by atoms with Crippen LogP contribution in [-0.4, -0.2) is 31.4 Å². The summed E-state index contributed by atoms with van der Waals surface area (Å²) in [5.74, 6) is -0.0794. The third kappa shape index (κ3) is 4.19. The lowest BCUT2D eigenvalue weighted by Crippen LogP contribution is -2.23. The average Bonchev–Trinajstić information content (AvgIpc) is 3.08. The van der Waals surface area contributed by atoms with Crippen molar-refractivity contribution in [1.82, 2.24) is 20.2 Å². The summed E-state index contributed by atoms with van der Waals surface area (Å²) in [5, 5.41) is 15.3. The Bertz CT molecular complexity index is 982. The van der Waals surface area contributed by atoms with Gasteiger partial charge in [-0.15, -0.1) is 5.10 Å². The Kier molecular flexibility index (Phi) is 5.60. The second-order valence-electron chi connectivity index (χ2n) is 6.66. The minimum atomic E-state index is -0.347. The molecule has 1 atom stereocenters. The fourth-order valence-electron chi connectivity index (χ4n) is 2.69. The van der Waals surface area contributed by atoms with Gasteiger partial charge >= 0.3 is 0 Å². The Morgan fingerprint density at radius 3 is 2.67 bits per heavy atom. The quantitative estimate of drug-likeness (QED) is 0.676. The molecule has 0 aliphatic rings. The van der Waals surface area contributed by atoms with Crippen LogP contribution in [0.15, 0.2) is 41.6 Å². The van der Waals surface area contributed by atoms with Gasteiger partial charge in [-0.05, 0) is 79.4 Å². The van der Waals surface area contributed by atoms with E-state index in [0.717, 1.165) is 28.1 Å². The van der Waals surface area contributed by atoms with E-state index in [1.807, 2.05) is 58.0 Å². The molecule has 1 N–H and O–H groups in total. The maximum Gasteiger partial charge on any atom is 0.237 e. The van der Waals surface area contributed by atoms with Gasteiger partial charge in [0.1, 0.15) is 0 Å². The van der Waals surface area contributed by atoms with Crippen molar-refractivity contribution in [3.63, 3.8) is 0 Å². The lowest BCUT2D eigenvalue weighted by molar-refractivity contribution is -0.115. The highest BCUT2D eigenvalue weighted by atomic mass is 32.2. The number of rotatable bonds is 5. The molecule has 0 fully saturated rings. The van der Waals surface area contributed by atoms with E-state index < -0.39 is 0 Å². The van der Waals surface area contributed by atoms with Crippen LogP contribution in [0.5, 0.6) is 0 Å². The number of nitrogens with zero attached hydrogens (tertiary/aromatic N) is 4. The van der Waals surface area contributed by atoms with E-state index in [0.29, 0.717) is 5.16 Å². The molecule has 6 nitrogen and oxygen atoms in total. The molecule has 0 aliphatic heterocycles.